The lowest BCUT2D eigenvalue weighted by atomic mass is 10.1. The number of halogens is 4. The summed E-state index contributed by atoms with van der Waals surface area (Å²) in [6.45, 7) is 5.40. The number of rotatable bonds is 5. The molecule has 0 spiro atoms. The zero-order valence-corrected chi connectivity index (χ0v) is 15.0. The van der Waals surface area contributed by atoms with E-state index in [-0.39, 0.29) is 0 Å². The van der Waals surface area contributed by atoms with Gasteiger partial charge in [0.25, 0.3) is 0 Å². The van der Waals surface area contributed by atoms with E-state index in [1.807, 2.05) is 6.07 Å². The van der Waals surface area contributed by atoms with Crippen LogP contribution in [0.2, 0.25) is 5.02 Å². The molecule has 1 fully saturated rings. The van der Waals surface area contributed by atoms with Crippen LogP contribution in [-0.4, -0.2) is 57.0 Å². The minimum Gasteiger partial charge on any atom is -0.384 e. The minimum atomic E-state index is -4.37. The molecule has 0 saturated carbocycles. The molecule has 0 radical (unpaired) electrons. The number of nitrogens with zero attached hydrogens (tertiary/aromatic N) is 2. The zero-order chi connectivity index (χ0) is 18.6. The van der Waals surface area contributed by atoms with Gasteiger partial charge >= 0.3 is 6.18 Å². The second-order valence-corrected chi connectivity index (χ2v) is 6.59. The van der Waals surface area contributed by atoms with Gasteiger partial charge in [0.05, 0.1) is 29.5 Å². The number of benzene rings is 1. The van der Waals surface area contributed by atoms with Gasteiger partial charge in [-0.15, -0.1) is 0 Å². The fourth-order valence-corrected chi connectivity index (χ4v) is 3.21. The third-order valence-electron chi connectivity index (χ3n) is 4.34. The van der Waals surface area contributed by atoms with Gasteiger partial charge in [0.2, 0.25) is 0 Å². The van der Waals surface area contributed by atoms with Crippen LogP contribution in [0, 0.1) is 0 Å². The van der Waals surface area contributed by atoms with Gasteiger partial charge in [0.15, 0.2) is 0 Å². The van der Waals surface area contributed by atoms with Crippen LogP contribution >= 0.6 is 11.6 Å². The Bertz CT molecular complexity index is 685. The first-order valence-electron chi connectivity index (χ1n) is 8.49. The normalized spacial score (nSPS) is 18.8. The van der Waals surface area contributed by atoms with Gasteiger partial charge in [-0.3, -0.25) is 4.90 Å². The van der Waals surface area contributed by atoms with E-state index >= 15 is 0 Å². The third-order valence-corrected chi connectivity index (χ3v) is 4.64. The molecule has 0 bridgehead atoms. The first-order valence-corrected chi connectivity index (χ1v) is 8.87. The Labute approximate surface area is 155 Å². The van der Waals surface area contributed by atoms with Gasteiger partial charge in [-0.1, -0.05) is 23.8 Å². The monoisotopic (exact) mass is 387 g/mol. The fourth-order valence-electron chi connectivity index (χ4n) is 2.93. The molecule has 0 unspecified atom stereocenters. The molecule has 1 aromatic carbocycles. The van der Waals surface area contributed by atoms with E-state index in [1.54, 1.807) is 12.1 Å². The molecular formula is C18H21ClF3N3O. The molecule has 26 heavy (non-hydrogen) atoms. The van der Waals surface area contributed by atoms with Gasteiger partial charge in [0.1, 0.15) is 0 Å². The minimum absolute atomic E-state index is 0.350. The summed E-state index contributed by atoms with van der Waals surface area (Å²) in [7, 11) is 0. The van der Waals surface area contributed by atoms with Crippen LogP contribution in [0.25, 0.3) is 0 Å². The highest BCUT2D eigenvalue weighted by molar-refractivity contribution is 6.33. The third kappa shape index (κ3) is 4.93. The molecule has 2 aliphatic heterocycles. The molecule has 2 heterocycles. The van der Waals surface area contributed by atoms with Crippen molar-refractivity contribution in [3.8, 4) is 0 Å². The molecule has 2 aliphatic rings. The molecule has 3 rings (SSSR count). The number of nitrogens with one attached hydrogen (secondary N) is 1. The summed E-state index contributed by atoms with van der Waals surface area (Å²) in [4.78, 5) is 3.82. The van der Waals surface area contributed by atoms with Crippen molar-refractivity contribution in [2.45, 2.75) is 6.18 Å². The van der Waals surface area contributed by atoms with E-state index in [2.05, 4.69) is 10.2 Å². The summed E-state index contributed by atoms with van der Waals surface area (Å²) < 4.78 is 44.0. The number of anilines is 2. The summed E-state index contributed by atoms with van der Waals surface area (Å²) in [6.07, 6.45) is -0.713. The number of hydrogen-bond acceptors (Lipinski definition) is 4. The Morgan fingerprint density at radius 2 is 1.96 bits per heavy atom. The van der Waals surface area contributed by atoms with Crippen LogP contribution in [0.4, 0.5) is 24.5 Å². The molecule has 0 amide bonds. The predicted molar refractivity (Wildman–Crippen MR) is 97.8 cm³/mol. The lowest BCUT2D eigenvalue weighted by Crippen LogP contribution is -2.39. The molecule has 8 heteroatoms. The Kier molecular flexibility index (Phi) is 6.11. The lowest BCUT2D eigenvalue weighted by molar-refractivity contribution is -0.0885. The SMILES string of the molecule is FC(F)(F)C1=CN(c2ccc(NCCN3CCOCC3)cc2Cl)CC=C1. The maximum Gasteiger partial charge on any atom is 0.417 e. The maximum atomic E-state index is 12.9. The molecule has 1 aromatic rings. The van der Waals surface area contributed by atoms with E-state index < -0.39 is 11.7 Å². The molecule has 1 saturated heterocycles. The van der Waals surface area contributed by atoms with E-state index in [0.29, 0.717) is 17.3 Å². The Morgan fingerprint density at radius 1 is 1.19 bits per heavy atom. The van der Waals surface area contributed by atoms with Crippen LogP contribution in [0.3, 0.4) is 0 Å². The van der Waals surface area contributed by atoms with Gasteiger partial charge in [-0.05, 0) is 18.2 Å². The molecule has 142 valence electrons. The second kappa shape index (κ2) is 8.33. The van der Waals surface area contributed by atoms with Crippen molar-refractivity contribution in [1.82, 2.24) is 4.90 Å². The van der Waals surface area contributed by atoms with Gasteiger partial charge in [0, 0.05) is 44.6 Å². The second-order valence-electron chi connectivity index (χ2n) is 6.18. The first-order chi connectivity index (χ1) is 12.4. The largest absolute Gasteiger partial charge is 0.417 e. The van der Waals surface area contributed by atoms with Gasteiger partial charge in [-0.2, -0.15) is 13.2 Å². The standard InChI is InChI=1S/C18H21ClF3N3O/c19-16-12-15(23-5-7-24-8-10-26-11-9-24)3-4-17(16)25-6-1-2-14(13-25)18(20,21)22/h1-4,12-13,23H,5-11H2. The topological polar surface area (TPSA) is 27.7 Å². The van der Waals surface area contributed by atoms with Crippen molar-refractivity contribution in [2.24, 2.45) is 0 Å². The highest BCUT2D eigenvalue weighted by Gasteiger charge is 2.33. The van der Waals surface area contributed by atoms with Crippen molar-refractivity contribution in [3.05, 3.63) is 47.1 Å². The average molecular weight is 388 g/mol. The summed E-state index contributed by atoms with van der Waals surface area (Å²) in [5, 5.41) is 3.71. The molecule has 0 aliphatic carbocycles. The van der Waals surface area contributed by atoms with E-state index in [0.717, 1.165) is 57.4 Å². The maximum absolute atomic E-state index is 12.9. The smallest absolute Gasteiger partial charge is 0.384 e. The number of allylic oxidation sites excluding steroid dienone is 2. The summed E-state index contributed by atoms with van der Waals surface area (Å²) >= 11 is 6.31. The van der Waals surface area contributed by atoms with Crippen LogP contribution in [0.1, 0.15) is 0 Å². The molecular weight excluding hydrogens is 367 g/mol. The number of hydrogen-bond donors (Lipinski definition) is 1. The van der Waals surface area contributed by atoms with Crippen molar-refractivity contribution < 1.29 is 17.9 Å². The summed E-state index contributed by atoms with van der Waals surface area (Å²) in [5.74, 6) is 0. The molecule has 1 N–H and O–H groups in total. The van der Waals surface area contributed by atoms with E-state index in [9.17, 15) is 13.2 Å². The van der Waals surface area contributed by atoms with Crippen LogP contribution < -0.4 is 10.2 Å². The van der Waals surface area contributed by atoms with Crippen molar-refractivity contribution in [3.63, 3.8) is 0 Å². The number of ether oxygens (including phenoxy) is 1. The van der Waals surface area contributed by atoms with E-state index in [4.69, 9.17) is 16.3 Å². The Hall–Kier alpha value is -1.70. The first kappa shape index (κ1) is 19.1. The Balaban J connectivity index is 1.60. The van der Waals surface area contributed by atoms with Gasteiger partial charge < -0.3 is 15.0 Å². The summed E-state index contributed by atoms with van der Waals surface area (Å²) in [5.41, 5.74) is 0.712. The fraction of sp³-hybridized carbons (Fsp3) is 0.444. The predicted octanol–water partition coefficient (Wildman–Crippen LogP) is 3.91. The zero-order valence-electron chi connectivity index (χ0n) is 14.2. The Morgan fingerprint density at radius 3 is 2.65 bits per heavy atom. The van der Waals surface area contributed by atoms with Crippen molar-refractivity contribution in [1.29, 1.82) is 0 Å². The average Bonchev–Trinajstić information content (AvgIpc) is 2.62. The molecule has 0 aromatic heterocycles. The lowest BCUT2D eigenvalue weighted by Gasteiger charge is -2.27. The van der Waals surface area contributed by atoms with Gasteiger partial charge in [-0.25, -0.2) is 0 Å². The summed E-state index contributed by atoms with van der Waals surface area (Å²) in [6, 6.07) is 5.32. The number of morpholine rings is 1. The highest BCUT2D eigenvalue weighted by Crippen LogP contribution is 2.34. The molecule has 4 nitrogen and oxygen atoms in total. The number of alkyl halides is 3. The van der Waals surface area contributed by atoms with Crippen molar-refractivity contribution >= 4 is 23.0 Å². The highest BCUT2D eigenvalue weighted by atomic mass is 35.5. The van der Waals surface area contributed by atoms with Crippen LogP contribution in [0.5, 0.6) is 0 Å². The van der Waals surface area contributed by atoms with Crippen LogP contribution in [0.15, 0.2) is 42.1 Å². The van der Waals surface area contributed by atoms with Crippen LogP contribution in [-0.2, 0) is 4.74 Å². The van der Waals surface area contributed by atoms with E-state index in [1.165, 1.54) is 11.0 Å². The molecule has 0 atom stereocenters. The van der Waals surface area contributed by atoms with Crippen molar-refractivity contribution in [2.75, 3.05) is 56.2 Å². The quantitative estimate of drug-likeness (QED) is 0.829.